The number of aliphatic hydroxyl groups is 1. The Morgan fingerprint density at radius 1 is 1.33 bits per heavy atom. The second-order valence-corrected chi connectivity index (χ2v) is 8.82. The monoisotopic (exact) mass is 433 g/mol. The largest absolute Gasteiger partial charge is 0.393 e. The lowest BCUT2D eigenvalue weighted by Crippen LogP contribution is -2.36. The van der Waals surface area contributed by atoms with Crippen molar-refractivity contribution < 1.29 is 9.50 Å². The fraction of sp³-hybridized carbons (Fsp3) is 0.545. The van der Waals surface area contributed by atoms with Gasteiger partial charge in [0.1, 0.15) is 10.8 Å². The first-order valence-corrected chi connectivity index (χ1v) is 11.5. The van der Waals surface area contributed by atoms with Crippen molar-refractivity contribution in [2.45, 2.75) is 58.7 Å². The average molecular weight is 434 g/mol. The van der Waals surface area contributed by atoms with Crippen molar-refractivity contribution in [2.24, 2.45) is 4.99 Å². The highest BCUT2D eigenvalue weighted by atomic mass is 32.1. The smallest absolute Gasteiger partial charge is 0.191 e. The van der Waals surface area contributed by atoms with Crippen LogP contribution in [0.1, 0.15) is 55.8 Å². The highest BCUT2D eigenvalue weighted by Gasteiger charge is 2.19. The van der Waals surface area contributed by atoms with Crippen LogP contribution in [0.3, 0.4) is 0 Å². The average Bonchev–Trinajstić information content (AvgIpc) is 3.20. The molecular weight excluding hydrogens is 401 g/mol. The van der Waals surface area contributed by atoms with Crippen molar-refractivity contribution in [2.75, 3.05) is 24.5 Å². The first-order valence-electron chi connectivity index (χ1n) is 10.6. The molecular formula is C22H32FN5OS. The first kappa shape index (κ1) is 22.5. The van der Waals surface area contributed by atoms with E-state index in [-0.39, 0.29) is 11.9 Å². The van der Waals surface area contributed by atoms with Gasteiger partial charge >= 0.3 is 0 Å². The number of thiazole rings is 1. The van der Waals surface area contributed by atoms with E-state index >= 15 is 0 Å². The summed E-state index contributed by atoms with van der Waals surface area (Å²) in [7, 11) is 0. The molecule has 1 aromatic carbocycles. The standard InChI is InChI=1S/C22H32FN5OS/c1-4-24-22(26-13-21-27-19(14-30-21)15(2)3)25-12-16-5-6-20(18(23)11-16)28-9-7-17(29)8-10-28/h5-6,11,14-15,17,29H,4,7-10,12-13H2,1-3H3,(H2,24,25,26). The number of guanidine groups is 1. The fourth-order valence-electron chi connectivity index (χ4n) is 3.35. The molecule has 1 saturated heterocycles. The number of nitrogens with one attached hydrogen (secondary N) is 2. The van der Waals surface area contributed by atoms with Crippen molar-refractivity contribution in [3.05, 3.63) is 45.7 Å². The van der Waals surface area contributed by atoms with Gasteiger partial charge in [-0.05, 0) is 43.4 Å². The molecule has 2 heterocycles. The Labute approximate surface area is 182 Å². The van der Waals surface area contributed by atoms with E-state index < -0.39 is 0 Å². The molecule has 1 aromatic heterocycles. The van der Waals surface area contributed by atoms with Gasteiger partial charge in [-0.25, -0.2) is 14.4 Å². The number of piperidine rings is 1. The number of hydrogen-bond acceptors (Lipinski definition) is 5. The highest BCUT2D eigenvalue weighted by Crippen LogP contribution is 2.24. The molecule has 8 heteroatoms. The van der Waals surface area contributed by atoms with Crippen LogP contribution in [0.4, 0.5) is 10.1 Å². The number of benzene rings is 1. The zero-order chi connectivity index (χ0) is 21.5. The molecule has 0 radical (unpaired) electrons. The summed E-state index contributed by atoms with van der Waals surface area (Å²) in [6, 6.07) is 5.30. The second-order valence-electron chi connectivity index (χ2n) is 7.87. The van der Waals surface area contributed by atoms with Gasteiger partial charge < -0.3 is 20.6 Å². The van der Waals surface area contributed by atoms with Crippen LogP contribution in [0.5, 0.6) is 0 Å². The van der Waals surface area contributed by atoms with E-state index in [0.717, 1.165) is 22.8 Å². The SMILES string of the molecule is CCNC(=NCc1ccc(N2CCC(O)CC2)c(F)c1)NCc1nc(C(C)C)cs1. The van der Waals surface area contributed by atoms with E-state index in [0.29, 0.717) is 56.6 Å². The summed E-state index contributed by atoms with van der Waals surface area (Å²) in [5.41, 5.74) is 2.53. The number of halogens is 1. The molecule has 6 nitrogen and oxygen atoms in total. The summed E-state index contributed by atoms with van der Waals surface area (Å²) in [6.07, 6.45) is 1.10. The Hall–Kier alpha value is -2.19. The minimum atomic E-state index is -0.267. The molecule has 0 spiro atoms. The van der Waals surface area contributed by atoms with Gasteiger partial charge in [0.15, 0.2) is 5.96 Å². The van der Waals surface area contributed by atoms with Crippen LogP contribution in [0.2, 0.25) is 0 Å². The maximum Gasteiger partial charge on any atom is 0.191 e. The Kier molecular flexibility index (Phi) is 8.04. The lowest BCUT2D eigenvalue weighted by atomic mass is 10.1. The minimum Gasteiger partial charge on any atom is -0.393 e. The molecule has 1 fully saturated rings. The zero-order valence-electron chi connectivity index (χ0n) is 18.0. The van der Waals surface area contributed by atoms with E-state index in [1.165, 1.54) is 0 Å². The summed E-state index contributed by atoms with van der Waals surface area (Å²) in [5, 5.41) is 19.3. The number of rotatable bonds is 7. The van der Waals surface area contributed by atoms with Crippen LogP contribution in [0, 0.1) is 5.82 Å². The number of anilines is 1. The maximum absolute atomic E-state index is 14.7. The Bertz CT molecular complexity index is 846. The molecule has 3 N–H and O–H groups in total. The molecule has 0 aliphatic carbocycles. The van der Waals surface area contributed by atoms with Gasteiger partial charge in [-0.15, -0.1) is 11.3 Å². The molecule has 0 atom stereocenters. The molecule has 0 bridgehead atoms. The Morgan fingerprint density at radius 3 is 2.73 bits per heavy atom. The van der Waals surface area contributed by atoms with Crippen LogP contribution in [-0.4, -0.2) is 41.8 Å². The van der Waals surface area contributed by atoms with Crippen LogP contribution in [0.25, 0.3) is 0 Å². The van der Waals surface area contributed by atoms with Crippen molar-refractivity contribution in [3.63, 3.8) is 0 Å². The third-order valence-electron chi connectivity index (χ3n) is 5.15. The van der Waals surface area contributed by atoms with E-state index in [1.807, 2.05) is 24.0 Å². The third kappa shape index (κ3) is 6.15. The topological polar surface area (TPSA) is 72.8 Å². The quantitative estimate of drug-likeness (QED) is 0.459. The molecule has 1 aliphatic rings. The summed E-state index contributed by atoms with van der Waals surface area (Å²) in [6.45, 7) is 9.39. The highest BCUT2D eigenvalue weighted by molar-refractivity contribution is 7.09. The van der Waals surface area contributed by atoms with Crippen molar-refractivity contribution in [1.82, 2.24) is 15.6 Å². The lowest BCUT2D eigenvalue weighted by Gasteiger charge is -2.31. The van der Waals surface area contributed by atoms with E-state index in [2.05, 4.69) is 39.8 Å². The molecule has 0 amide bonds. The summed E-state index contributed by atoms with van der Waals surface area (Å²) in [5.74, 6) is 0.874. The van der Waals surface area contributed by atoms with Gasteiger partial charge in [-0.3, -0.25) is 0 Å². The fourth-order valence-corrected chi connectivity index (χ4v) is 4.25. The van der Waals surface area contributed by atoms with Gasteiger partial charge in [0.05, 0.1) is 30.6 Å². The van der Waals surface area contributed by atoms with Gasteiger partial charge in [-0.2, -0.15) is 0 Å². The number of aliphatic hydroxyl groups excluding tert-OH is 1. The van der Waals surface area contributed by atoms with E-state index in [4.69, 9.17) is 0 Å². The Morgan fingerprint density at radius 2 is 2.10 bits per heavy atom. The number of hydrogen-bond donors (Lipinski definition) is 3. The predicted molar refractivity (Wildman–Crippen MR) is 122 cm³/mol. The second kappa shape index (κ2) is 10.7. The van der Waals surface area contributed by atoms with Crippen molar-refractivity contribution in [3.8, 4) is 0 Å². The van der Waals surface area contributed by atoms with Crippen LogP contribution in [-0.2, 0) is 13.1 Å². The van der Waals surface area contributed by atoms with E-state index in [9.17, 15) is 9.50 Å². The molecule has 0 saturated carbocycles. The van der Waals surface area contributed by atoms with Gasteiger partial charge in [0, 0.05) is 25.0 Å². The molecule has 164 valence electrons. The molecule has 3 rings (SSSR count). The Balaban J connectivity index is 1.60. The van der Waals surface area contributed by atoms with Gasteiger partial charge in [0.2, 0.25) is 0 Å². The minimum absolute atomic E-state index is 0.235. The number of nitrogens with zero attached hydrogens (tertiary/aromatic N) is 3. The molecule has 1 aliphatic heterocycles. The van der Waals surface area contributed by atoms with Crippen molar-refractivity contribution in [1.29, 1.82) is 0 Å². The normalized spacial score (nSPS) is 15.7. The lowest BCUT2D eigenvalue weighted by molar-refractivity contribution is 0.145. The number of aliphatic imine (C=N–C) groups is 1. The zero-order valence-corrected chi connectivity index (χ0v) is 18.8. The van der Waals surface area contributed by atoms with Crippen LogP contribution in [0.15, 0.2) is 28.6 Å². The summed E-state index contributed by atoms with van der Waals surface area (Å²) in [4.78, 5) is 11.2. The maximum atomic E-state index is 14.7. The van der Waals surface area contributed by atoms with E-state index in [1.54, 1.807) is 17.4 Å². The van der Waals surface area contributed by atoms with Gasteiger partial charge in [-0.1, -0.05) is 19.9 Å². The van der Waals surface area contributed by atoms with Gasteiger partial charge in [0.25, 0.3) is 0 Å². The molecule has 30 heavy (non-hydrogen) atoms. The van der Waals surface area contributed by atoms with Crippen LogP contribution < -0.4 is 15.5 Å². The third-order valence-corrected chi connectivity index (χ3v) is 6.02. The molecule has 2 aromatic rings. The summed E-state index contributed by atoms with van der Waals surface area (Å²) < 4.78 is 14.7. The predicted octanol–water partition coefficient (Wildman–Crippen LogP) is 3.62. The number of aromatic nitrogens is 1. The van der Waals surface area contributed by atoms with Crippen LogP contribution >= 0.6 is 11.3 Å². The first-order chi connectivity index (χ1) is 14.5. The molecule has 0 unspecified atom stereocenters. The van der Waals surface area contributed by atoms with Crippen molar-refractivity contribution >= 4 is 23.0 Å². The summed E-state index contributed by atoms with van der Waals surface area (Å²) >= 11 is 1.64.